The first-order valence-electron chi connectivity index (χ1n) is 6.08. The van der Waals surface area contributed by atoms with Crippen LogP contribution < -0.4 is 4.90 Å². The van der Waals surface area contributed by atoms with Crippen molar-refractivity contribution >= 4 is 17.4 Å². The quantitative estimate of drug-likeness (QED) is 0.828. The standard InChI is InChI=1S/C13H21ClN2O2/c1-10(2)8-16(6-7-18-3)13-5-4-11(14)12(9-17)15-13/h4-5,10,17H,6-9H2,1-3H3. The Morgan fingerprint density at radius 1 is 1.44 bits per heavy atom. The van der Waals surface area contributed by atoms with Crippen LogP contribution in [0, 0.1) is 5.92 Å². The normalized spacial score (nSPS) is 11.0. The lowest BCUT2D eigenvalue weighted by Gasteiger charge is -2.25. The van der Waals surface area contributed by atoms with E-state index >= 15 is 0 Å². The number of anilines is 1. The van der Waals surface area contributed by atoms with E-state index in [0.717, 1.165) is 18.9 Å². The number of aliphatic hydroxyl groups excluding tert-OH is 1. The molecule has 0 atom stereocenters. The van der Waals surface area contributed by atoms with Gasteiger partial charge < -0.3 is 14.7 Å². The molecule has 1 rings (SSSR count). The molecule has 1 aromatic rings. The molecule has 1 aromatic heterocycles. The van der Waals surface area contributed by atoms with E-state index in [9.17, 15) is 5.11 Å². The van der Waals surface area contributed by atoms with Crippen molar-refractivity contribution in [1.82, 2.24) is 4.98 Å². The number of rotatable bonds is 7. The Labute approximate surface area is 114 Å². The molecule has 18 heavy (non-hydrogen) atoms. The predicted molar refractivity (Wildman–Crippen MR) is 74.1 cm³/mol. The van der Waals surface area contributed by atoms with Gasteiger partial charge in [-0.05, 0) is 18.1 Å². The largest absolute Gasteiger partial charge is 0.390 e. The van der Waals surface area contributed by atoms with Crippen LogP contribution in [0.4, 0.5) is 5.82 Å². The van der Waals surface area contributed by atoms with Crippen LogP contribution in [-0.2, 0) is 11.3 Å². The smallest absolute Gasteiger partial charge is 0.129 e. The van der Waals surface area contributed by atoms with Crippen LogP contribution in [0.15, 0.2) is 12.1 Å². The third kappa shape index (κ3) is 4.44. The first-order chi connectivity index (χ1) is 8.58. The van der Waals surface area contributed by atoms with Gasteiger partial charge in [0, 0.05) is 20.2 Å². The number of nitrogens with zero attached hydrogens (tertiary/aromatic N) is 2. The van der Waals surface area contributed by atoms with Crippen molar-refractivity contribution in [3.05, 3.63) is 22.8 Å². The topological polar surface area (TPSA) is 45.6 Å². The molecule has 0 saturated carbocycles. The minimum absolute atomic E-state index is 0.146. The van der Waals surface area contributed by atoms with Crippen LogP contribution in [-0.4, -0.2) is 36.9 Å². The molecule has 0 aromatic carbocycles. The van der Waals surface area contributed by atoms with Gasteiger partial charge in [0.1, 0.15) is 5.82 Å². The van der Waals surface area contributed by atoms with E-state index < -0.39 is 0 Å². The lowest BCUT2D eigenvalue weighted by atomic mass is 10.2. The number of ether oxygens (including phenoxy) is 1. The number of methoxy groups -OCH3 is 1. The molecule has 0 amide bonds. The molecular weight excluding hydrogens is 252 g/mol. The van der Waals surface area contributed by atoms with E-state index in [0.29, 0.717) is 23.2 Å². The Balaban J connectivity index is 2.89. The molecule has 4 nitrogen and oxygen atoms in total. The second kappa shape index (κ2) is 7.56. The summed E-state index contributed by atoms with van der Waals surface area (Å²) >= 11 is 5.95. The second-order valence-electron chi connectivity index (χ2n) is 4.59. The highest BCUT2D eigenvalue weighted by Crippen LogP contribution is 2.20. The summed E-state index contributed by atoms with van der Waals surface area (Å²) in [6.45, 7) is 6.47. The fourth-order valence-corrected chi connectivity index (χ4v) is 1.87. The van der Waals surface area contributed by atoms with Gasteiger partial charge >= 0.3 is 0 Å². The summed E-state index contributed by atoms with van der Waals surface area (Å²) in [5.74, 6) is 1.35. The van der Waals surface area contributed by atoms with E-state index in [1.54, 1.807) is 13.2 Å². The molecule has 0 aliphatic rings. The Morgan fingerprint density at radius 2 is 2.17 bits per heavy atom. The van der Waals surface area contributed by atoms with Crippen molar-refractivity contribution in [3.63, 3.8) is 0 Å². The molecule has 0 unspecified atom stereocenters. The zero-order chi connectivity index (χ0) is 13.5. The van der Waals surface area contributed by atoms with Gasteiger partial charge in [-0.2, -0.15) is 0 Å². The summed E-state index contributed by atoms with van der Waals surface area (Å²) in [6, 6.07) is 3.65. The molecule has 0 radical (unpaired) electrons. The molecule has 0 fully saturated rings. The summed E-state index contributed by atoms with van der Waals surface area (Å²) < 4.78 is 5.11. The molecule has 0 aliphatic heterocycles. The summed E-state index contributed by atoms with van der Waals surface area (Å²) in [4.78, 5) is 6.53. The Kier molecular flexibility index (Phi) is 6.39. The van der Waals surface area contributed by atoms with Crippen molar-refractivity contribution in [1.29, 1.82) is 0 Å². The van der Waals surface area contributed by atoms with Crippen molar-refractivity contribution in [2.24, 2.45) is 5.92 Å². The highest BCUT2D eigenvalue weighted by molar-refractivity contribution is 6.31. The molecule has 5 heteroatoms. The van der Waals surface area contributed by atoms with Gasteiger partial charge in [-0.25, -0.2) is 4.98 Å². The summed E-state index contributed by atoms with van der Waals surface area (Å²) in [5.41, 5.74) is 0.514. The van der Waals surface area contributed by atoms with E-state index in [2.05, 4.69) is 23.7 Å². The summed E-state index contributed by atoms with van der Waals surface area (Å²) in [6.07, 6.45) is 0. The Bertz CT molecular complexity index is 372. The first kappa shape index (κ1) is 15.2. The number of hydrogen-bond donors (Lipinski definition) is 1. The average Bonchev–Trinajstić information content (AvgIpc) is 2.34. The first-order valence-corrected chi connectivity index (χ1v) is 6.46. The Morgan fingerprint density at radius 3 is 2.72 bits per heavy atom. The molecule has 1 N–H and O–H groups in total. The minimum atomic E-state index is -0.146. The number of pyridine rings is 1. The predicted octanol–water partition coefficient (Wildman–Crippen LogP) is 2.34. The molecule has 0 aliphatic carbocycles. The van der Waals surface area contributed by atoms with E-state index in [1.165, 1.54) is 0 Å². The van der Waals surface area contributed by atoms with Gasteiger partial charge in [0.25, 0.3) is 0 Å². The minimum Gasteiger partial charge on any atom is -0.390 e. The van der Waals surface area contributed by atoms with Gasteiger partial charge in [-0.15, -0.1) is 0 Å². The van der Waals surface area contributed by atoms with E-state index in [4.69, 9.17) is 16.3 Å². The zero-order valence-corrected chi connectivity index (χ0v) is 11.9. The Hall–Kier alpha value is -0.840. The van der Waals surface area contributed by atoms with E-state index in [-0.39, 0.29) is 6.61 Å². The fourth-order valence-electron chi connectivity index (χ4n) is 1.70. The zero-order valence-electron chi connectivity index (χ0n) is 11.2. The van der Waals surface area contributed by atoms with Crippen LogP contribution in [0.25, 0.3) is 0 Å². The van der Waals surface area contributed by atoms with Gasteiger partial charge in [0.05, 0.1) is 23.9 Å². The van der Waals surface area contributed by atoms with Gasteiger partial charge in [-0.3, -0.25) is 0 Å². The van der Waals surface area contributed by atoms with Crippen molar-refractivity contribution < 1.29 is 9.84 Å². The van der Waals surface area contributed by atoms with E-state index in [1.807, 2.05) is 6.07 Å². The lowest BCUT2D eigenvalue weighted by molar-refractivity contribution is 0.204. The van der Waals surface area contributed by atoms with Crippen molar-refractivity contribution in [2.45, 2.75) is 20.5 Å². The molecular formula is C13H21ClN2O2. The number of aliphatic hydroxyl groups is 1. The third-order valence-electron chi connectivity index (χ3n) is 2.53. The SMILES string of the molecule is COCCN(CC(C)C)c1ccc(Cl)c(CO)n1. The van der Waals surface area contributed by atoms with Crippen LogP contribution >= 0.6 is 11.6 Å². The van der Waals surface area contributed by atoms with Crippen molar-refractivity contribution in [3.8, 4) is 0 Å². The monoisotopic (exact) mass is 272 g/mol. The lowest BCUT2D eigenvalue weighted by Crippen LogP contribution is -2.31. The summed E-state index contributed by atoms with van der Waals surface area (Å²) in [5, 5.41) is 9.69. The van der Waals surface area contributed by atoms with Gasteiger partial charge in [0.2, 0.25) is 0 Å². The number of aromatic nitrogens is 1. The van der Waals surface area contributed by atoms with Gasteiger partial charge in [0.15, 0.2) is 0 Å². The molecule has 0 saturated heterocycles. The van der Waals surface area contributed by atoms with Crippen LogP contribution in [0.2, 0.25) is 5.02 Å². The van der Waals surface area contributed by atoms with Gasteiger partial charge in [-0.1, -0.05) is 25.4 Å². The highest BCUT2D eigenvalue weighted by atomic mass is 35.5. The average molecular weight is 273 g/mol. The number of halogens is 1. The highest BCUT2D eigenvalue weighted by Gasteiger charge is 2.11. The van der Waals surface area contributed by atoms with Crippen LogP contribution in [0.5, 0.6) is 0 Å². The maximum absolute atomic E-state index is 9.19. The molecule has 0 bridgehead atoms. The maximum Gasteiger partial charge on any atom is 0.129 e. The molecule has 0 spiro atoms. The maximum atomic E-state index is 9.19. The van der Waals surface area contributed by atoms with Crippen LogP contribution in [0.3, 0.4) is 0 Å². The third-order valence-corrected chi connectivity index (χ3v) is 2.87. The van der Waals surface area contributed by atoms with Crippen LogP contribution in [0.1, 0.15) is 19.5 Å². The second-order valence-corrected chi connectivity index (χ2v) is 5.00. The number of hydrogen-bond acceptors (Lipinski definition) is 4. The molecule has 102 valence electrons. The molecule has 1 heterocycles. The van der Waals surface area contributed by atoms with Crippen molar-refractivity contribution in [2.75, 3.05) is 31.7 Å². The fraction of sp³-hybridized carbons (Fsp3) is 0.615. The summed E-state index contributed by atoms with van der Waals surface area (Å²) in [7, 11) is 1.68.